The van der Waals surface area contributed by atoms with Crippen LogP contribution in [0.1, 0.15) is 16.7 Å². The summed E-state index contributed by atoms with van der Waals surface area (Å²) in [5, 5.41) is 5.02. The van der Waals surface area contributed by atoms with E-state index in [1.807, 2.05) is 97.1 Å². The lowest BCUT2D eigenvalue weighted by molar-refractivity contribution is 1.25. The number of aromatic nitrogens is 2. The van der Waals surface area contributed by atoms with Crippen molar-refractivity contribution >= 4 is 43.4 Å². The lowest BCUT2D eigenvalue weighted by Crippen LogP contribution is -1.92. The second-order valence-corrected chi connectivity index (χ2v) is 10.0. The summed E-state index contributed by atoms with van der Waals surface area (Å²) in [5.41, 5.74) is 5.49. The Labute approximate surface area is 249 Å². The zero-order valence-electron chi connectivity index (χ0n) is 29.8. The van der Waals surface area contributed by atoms with Crippen LogP contribution < -0.4 is 0 Å². The molecule has 0 aliphatic rings. The highest BCUT2D eigenvalue weighted by atomic mass is 14.8. The third-order valence-electron chi connectivity index (χ3n) is 7.67. The molecule has 0 amide bonds. The second kappa shape index (κ2) is 9.39. The van der Waals surface area contributed by atoms with Crippen molar-refractivity contribution in [3.63, 3.8) is 0 Å². The molecule has 41 heavy (non-hydrogen) atoms. The van der Waals surface area contributed by atoms with Gasteiger partial charge >= 0.3 is 0 Å². The average molecular weight is 531 g/mol. The Morgan fingerprint density at radius 2 is 1.00 bits per heavy atom. The molecule has 0 radical (unpaired) electrons. The molecule has 2 nitrogen and oxygen atoms in total. The Morgan fingerprint density at radius 3 is 1.61 bits per heavy atom. The van der Waals surface area contributed by atoms with Crippen molar-refractivity contribution in [2.45, 2.75) is 6.85 Å². The van der Waals surface area contributed by atoms with Gasteiger partial charge in [-0.2, -0.15) is 0 Å². The van der Waals surface area contributed by atoms with Crippen LogP contribution >= 0.6 is 0 Å². The number of hydrogen-bond acceptors (Lipinski definition) is 2. The zero-order chi connectivity index (χ0) is 34.2. The number of pyridine rings is 2. The molecule has 0 aliphatic heterocycles. The number of rotatable bonds is 3. The molecule has 0 saturated heterocycles. The molecule has 0 bridgehead atoms. The minimum atomic E-state index is -2.33. The van der Waals surface area contributed by atoms with Crippen molar-refractivity contribution < 1.29 is 11.0 Å². The van der Waals surface area contributed by atoms with Crippen LogP contribution in [0.3, 0.4) is 0 Å². The quantitative estimate of drug-likeness (QED) is 0.168. The van der Waals surface area contributed by atoms with E-state index in [4.69, 9.17) is 16.0 Å². The summed E-state index contributed by atoms with van der Waals surface area (Å²) in [6.45, 7) is -2.33. The maximum atomic E-state index is 8.77. The largest absolute Gasteiger partial charge is 0.251 e. The molecule has 8 rings (SSSR count). The van der Waals surface area contributed by atoms with Crippen molar-refractivity contribution in [2.24, 2.45) is 0 Å². The fourth-order valence-electron chi connectivity index (χ4n) is 5.82. The van der Waals surface area contributed by atoms with Crippen molar-refractivity contribution in [2.75, 3.05) is 0 Å². The molecule has 0 fully saturated rings. The molecule has 0 aliphatic carbocycles. The molecule has 0 saturated carbocycles. The summed E-state index contributed by atoms with van der Waals surface area (Å²) in [6, 6.07) is 33.1. The van der Waals surface area contributed by atoms with Gasteiger partial charge in [0.2, 0.25) is 0 Å². The fraction of sp³-hybridized carbons (Fsp3) is 0.0256. The highest BCUT2D eigenvalue weighted by Gasteiger charge is 2.16. The first-order valence-corrected chi connectivity index (χ1v) is 13.4. The van der Waals surface area contributed by atoms with Gasteiger partial charge in [0.05, 0.1) is 23.6 Å². The van der Waals surface area contributed by atoms with Crippen molar-refractivity contribution in [3.8, 4) is 33.5 Å². The lowest BCUT2D eigenvalue weighted by Gasteiger charge is -2.18. The summed E-state index contributed by atoms with van der Waals surface area (Å²) in [7, 11) is 0. The first-order valence-electron chi connectivity index (χ1n) is 17.4. The van der Waals surface area contributed by atoms with Gasteiger partial charge < -0.3 is 0 Å². The van der Waals surface area contributed by atoms with Crippen molar-refractivity contribution in [1.82, 2.24) is 9.97 Å². The highest BCUT2D eigenvalue weighted by Crippen LogP contribution is 2.43. The number of hydrogen-bond donors (Lipinski definition) is 0. The van der Waals surface area contributed by atoms with Gasteiger partial charge in [0.25, 0.3) is 0 Å². The van der Waals surface area contributed by atoms with Crippen LogP contribution in [-0.2, 0) is 0 Å². The van der Waals surface area contributed by atoms with Gasteiger partial charge in [-0.15, -0.1) is 0 Å². The van der Waals surface area contributed by atoms with Crippen LogP contribution in [0.4, 0.5) is 0 Å². The van der Waals surface area contributed by atoms with E-state index >= 15 is 0 Å². The third kappa shape index (κ3) is 3.88. The van der Waals surface area contributed by atoms with Gasteiger partial charge in [-0.1, -0.05) is 127 Å². The van der Waals surface area contributed by atoms with E-state index in [0.717, 1.165) is 54.7 Å². The summed E-state index contributed by atoms with van der Waals surface area (Å²) in [4.78, 5) is 9.45. The molecule has 0 N–H and O–H groups in total. The Bertz CT molecular complexity index is 2560. The van der Waals surface area contributed by atoms with Crippen LogP contribution in [0.2, 0.25) is 0 Å². The molecule has 2 heteroatoms. The van der Waals surface area contributed by atoms with Gasteiger partial charge in [-0.05, 0) is 62.8 Å². The molecule has 192 valence electrons. The maximum Gasteiger partial charge on any atom is 0.0972 e. The predicted molar refractivity (Wildman–Crippen MR) is 173 cm³/mol. The Kier molecular flexibility index (Phi) is 3.82. The Balaban J connectivity index is 1.31. The van der Waals surface area contributed by atoms with Gasteiger partial charge in [0, 0.05) is 26.1 Å². The molecular formula is C39H26N2. The predicted octanol–water partition coefficient (Wildman–Crippen LogP) is 10.4. The normalized spacial score (nSPS) is 14.6. The molecule has 8 aromatic rings. The molecule has 0 unspecified atom stereocenters. The topological polar surface area (TPSA) is 25.8 Å². The van der Waals surface area contributed by atoms with Crippen LogP contribution in [0, 0.1) is 6.85 Å². The number of nitrogens with zero attached hydrogens (tertiary/aromatic N) is 2. The lowest BCUT2D eigenvalue weighted by atomic mass is 9.86. The number of aryl methyl sites for hydroxylation is 1. The maximum absolute atomic E-state index is 8.77. The first-order chi connectivity index (χ1) is 23.5. The van der Waals surface area contributed by atoms with Crippen LogP contribution in [0.25, 0.3) is 76.9 Å². The average Bonchev–Trinajstić information content (AvgIpc) is 3.12. The summed E-state index contributed by atoms with van der Waals surface area (Å²) >= 11 is 0. The fourth-order valence-corrected chi connectivity index (χ4v) is 5.82. The van der Waals surface area contributed by atoms with Crippen molar-refractivity contribution in [3.05, 3.63) is 145 Å². The van der Waals surface area contributed by atoms with E-state index in [-0.39, 0.29) is 35.4 Å². The monoisotopic (exact) mass is 530 g/mol. The zero-order valence-corrected chi connectivity index (χ0v) is 21.8. The Morgan fingerprint density at radius 1 is 0.488 bits per heavy atom. The van der Waals surface area contributed by atoms with Gasteiger partial charge in [-0.25, -0.2) is 4.98 Å². The minimum absolute atomic E-state index is 0.0288. The van der Waals surface area contributed by atoms with Gasteiger partial charge in [0.15, 0.2) is 0 Å². The smallest absolute Gasteiger partial charge is 0.0972 e. The van der Waals surface area contributed by atoms with Crippen LogP contribution in [0.15, 0.2) is 139 Å². The second-order valence-electron chi connectivity index (χ2n) is 10.0. The SMILES string of the molecule is [2H]c1c([2H])c([2H])c(-c2c3ccccc3c(-c3ccc(-c4ccc5ccc6ccc(C([2H])([2H])[2H])nc6c5n4)cc3)c3ccccc23)c([2H])c1[2H]. The van der Waals surface area contributed by atoms with E-state index in [9.17, 15) is 0 Å². The molecule has 2 heterocycles. The van der Waals surface area contributed by atoms with E-state index in [1.54, 1.807) is 6.07 Å². The van der Waals surface area contributed by atoms with E-state index in [1.165, 1.54) is 6.07 Å². The Hall–Kier alpha value is -5.34. The van der Waals surface area contributed by atoms with Gasteiger partial charge in [-0.3, -0.25) is 4.98 Å². The third-order valence-corrected chi connectivity index (χ3v) is 7.67. The first kappa shape index (κ1) is 16.7. The van der Waals surface area contributed by atoms with Crippen molar-refractivity contribution in [1.29, 1.82) is 0 Å². The van der Waals surface area contributed by atoms with Gasteiger partial charge in [0.1, 0.15) is 0 Å². The molecule has 0 spiro atoms. The van der Waals surface area contributed by atoms with E-state index < -0.39 is 12.9 Å². The molecular weight excluding hydrogens is 496 g/mol. The number of fused-ring (bicyclic) bond motifs is 5. The summed E-state index contributed by atoms with van der Waals surface area (Å²) in [5.74, 6) is 0. The van der Waals surface area contributed by atoms with E-state index in [0.29, 0.717) is 16.6 Å². The van der Waals surface area contributed by atoms with Crippen LogP contribution in [-0.4, -0.2) is 9.97 Å². The summed E-state index contributed by atoms with van der Waals surface area (Å²) < 4.78 is 65.9. The molecule has 6 aromatic carbocycles. The number of benzene rings is 6. The molecule has 2 aromatic heterocycles. The molecule has 0 atom stereocenters. The minimum Gasteiger partial charge on any atom is -0.251 e. The highest BCUT2D eigenvalue weighted by molar-refractivity contribution is 6.21. The summed E-state index contributed by atoms with van der Waals surface area (Å²) in [6.07, 6.45) is 0. The van der Waals surface area contributed by atoms with Crippen LogP contribution in [0.5, 0.6) is 0 Å². The standard InChI is InChI=1S/C39H26N2/c1-25-15-16-29-21-22-30-23-24-35(41-39(30)38(29)40-25)26-17-19-28(20-18-26)37-33-13-7-5-11-31(33)36(27-9-3-2-4-10-27)32-12-6-8-14-34(32)37/h2-24H,1H3/i1D3,2D,3D,4D,9D,10D. The van der Waals surface area contributed by atoms with E-state index in [2.05, 4.69) is 4.98 Å².